The van der Waals surface area contributed by atoms with Gasteiger partial charge in [-0.1, -0.05) is 19.1 Å². The number of aromatic amines is 1. The molecule has 0 spiro atoms. The number of rotatable bonds is 4. The molecule has 0 aliphatic carbocycles. The van der Waals surface area contributed by atoms with Crippen molar-refractivity contribution >= 4 is 10.9 Å². The van der Waals surface area contributed by atoms with E-state index in [1.165, 1.54) is 22.9 Å². The molecule has 1 aromatic carbocycles. The number of fused-ring (bicyclic) bond motifs is 1. The van der Waals surface area contributed by atoms with E-state index in [0.29, 0.717) is 0 Å². The number of hydrogen-bond donors (Lipinski definition) is 2. The van der Waals surface area contributed by atoms with Crippen LogP contribution in [-0.4, -0.2) is 11.5 Å². The molecule has 0 unspecified atom stereocenters. The maximum Gasteiger partial charge on any atom is 0.0457 e. The third kappa shape index (κ3) is 1.80. The van der Waals surface area contributed by atoms with Crippen molar-refractivity contribution in [2.45, 2.75) is 19.9 Å². The van der Waals surface area contributed by atoms with E-state index in [0.717, 1.165) is 13.1 Å². The molecule has 0 aliphatic heterocycles. The Morgan fingerprint density at radius 2 is 2.21 bits per heavy atom. The Hall–Kier alpha value is -1.28. The highest BCUT2D eigenvalue weighted by molar-refractivity contribution is 5.82. The van der Waals surface area contributed by atoms with Gasteiger partial charge in [-0.05, 0) is 30.7 Å². The van der Waals surface area contributed by atoms with E-state index in [9.17, 15) is 0 Å². The second-order valence-electron chi connectivity index (χ2n) is 3.53. The average molecular weight is 188 g/mol. The predicted octanol–water partition coefficient (Wildman–Crippen LogP) is 2.67. The first-order valence-electron chi connectivity index (χ1n) is 5.17. The summed E-state index contributed by atoms with van der Waals surface area (Å²) in [6, 6.07) is 8.53. The van der Waals surface area contributed by atoms with E-state index in [1.54, 1.807) is 0 Å². The summed E-state index contributed by atoms with van der Waals surface area (Å²) < 4.78 is 0. The van der Waals surface area contributed by atoms with Crippen molar-refractivity contribution in [2.24, 2.45) is 0 Å². The molecule has 0 radical (unpaired) electrons. The molecule has 0 bridgehead atoms. The molecule has 0 fully saturated rings. The third-order valence-electron chi connectivity index (χ3n) is 2.43. The summed E-state index contributed by atoms with van der Waals surface area (Å²) in [6.07, 6.45) is 3.18. The van der Waals surface area contributed by atoms with E-state index >= 15 is 0 Å². The average Bonchev–Trinajstić information content (AvgIpc) is 2.67. The molecule has 2 aromatic rings. The first-order valence-corrected chi connectivity index (χ1v) is 5.17. The summed E-state index contributed by atoms with van der Waals surface area (Å²) in [7, 11) is 0. The quantitative estimate of drug-likeness (QED) is 0.709. The number of nitrogens with one attached hydrogen (secondary N) is 2. The standard InChI is InChI=1S/C12H16N2/c1-2-7-13-9-10-4-3-5-12-11(10)6-8-14-12/h3-6,8,13-14H,2,7,9H2,1H3. The molecule has 1 heterocycles. The molecule has 0 amide bonds. The first-order chi connectivity index (χ1) is 6.92. The molecule has 2 nitrogen and oxygen atoms in total. The van der Waals surface area contributed by atoms with E-state index in [4.69, 9.17) is 0 Å². The zero-order valence-corrected chi connectivity index (χ0v) is 8.51. The summed E-state index contributed by atoms with van der Waals surface area (Å²) in [5.41, 5.74) is 2.60. The smallest absolute Gasteiger partial charge is 0.0457 e. The van der Waals surface area contributed by atoms with Gasteiger partial charge >= 0.3 is 0 Å². The largest absolute Gasteiger partial charge is 0.361 e. The van der Waals surface area contributed by atoms with Crippen LogP contribution in [0.5, 0.6) is 0 Å². The van der Waals surface area contributed by atoms with Gasteiger partial charge in [-0.25, -0.2) is 0 Å². The lowest BCUT2D eigenvalue weighted by Crippen LogP contribution is -2.13. The number of benzene rings is 1. The van der Waals surface area contributed by atoms with Crippen LogP contribution in [0.3, 0.4) is 0 Å². The van der Waals surface area contributed by atoms with Crippen LogP contribution >= 0.6 is 0 Å². The lowest BCUT2D eigenvalue weighted by molar-refractivity contribution is 0.678. The van der Waals surface area contributed by atoms with Crippen molar-refractivity contribution in [1.82, 2.24) is 10.3 Å². The maximum absolute atomic E-state index is 3.42. The molecule has 2 N–H and O–H groups in total. The van der Waals surface area contributed by atoms with Crippen LogP contribution in [0.2, 0.25) is 0 Å². The minimum Gasteiger partial charge on any atom is -0.361 e. The van der Waals surface area contributed by atoms with Crippen molar-refractivity contribution in [1.29, 1.82) is 0 Å². The zero-order valence-electron chi connectivity index (χ0n) is 8.51. The molecular weight excluding hydrogens is 172 g/mol. The molecular formula is C12H16N2. The fraction of sp³-hybridized carbons (Fsp3) is 0.333. The normalized spacial score (nSPS) is 10.9. The van der Waals surface area contributed by atoms with Crippen LogP contribution in [0.1, 0.15) is 18.9 Å². The van der Waals surface area contributed by atoms with Crippen LogP contribution in [0, 0.1) is 0 Å². The van der Waals surface area contributed by atoms with Gasteiger partial charge in [-0.2, -0.15) is 0 Å². The van der Waals surface area contributed by atoms with Crippen molar-refractivity contribution in [3.05, 3.63) is 36.0 Å². The molecule has 2 heteroatoms. The minimum atomic E-state index is 0.961. The van der Waals surface area contributed by atoms with Gasteiger partial charge in [0, 0.05) is 23.6 Å². The Labute approximate surface area is 84.3 Å². The van der Waals surface area contributed by atoms with E-state index in [2.05, 4.69) is 41.5 Å². The van der Waals surface area contributed by atoms with Gasteiger partial charge in [0.15, 0.2) is 0 Å². The molecule has 74 valence electrons. The van der Waals surface area contributed by atoms with Gasteiger partial charge in [0.2, 0.25) is 0 Å². The van der Waals surface area contributed by atoms with Crippen molar-refractivity contribution < 1.29 is 0 Å². The summed E-state index contributed by atoms with van der Waals surface area (Å²) in [4.78, 5) is 3.22. The van der Waals surface area contributed by atoms with Gasteiger partial charge in [-0.15, -0.1) is 0 Å². The van der Waals surface area contributed by atoms with Crippen molar-refractivity contribution in [2.75, 3.05) is 6.54 Å². The van der Waals surface area contributed by atoms with Gasteiger partial charge < -0.3 is 10.3 Å². The predicted molar refractivity (Wildman–Crippen MR) is 60.3 cm³/mol. The second-order valence-corrected chi connectivity index (χ2v) is 3.53. The molecule has 0 aliphatic rings. The van der Waals surface area contributed by atoms with Crippen molar-refractivity contribution in [3.8, 4) is 0 Å². The number of hydrogen-bond acceptors (Lipinski definition) is 1. The van der Waals surface area contributed by atoms with Crippen molar-refractivity contribution in [3.63, 3.8) is 0 Å². The Bertz CT molecular complexity index is 403. The molecule has 0 atom stereocenters. The monoisotopic (exact) mass is 188 g/mol. The molecule has 14 heavy (non-hydrogen) atoms. The van der Waals surface area contributed by atoms with Crippen LogP contribution in [-0.2, 0) is 6.54 Å². The summed E-state index contributed by atoms with van der Waals surface area (Å²) in [5, 5.41) is 4.75. The third-order valence-corrected chi connectivity index (χ3v) is 2.43. The Morgan fingerprint density at radius 3 is 3.07 bits per heavy atom. The van der Waals surface area contributed by atoms with E-state index in [-0.39, 0.29) is 0 Å². The van der Waals surface area contributed by atoms with Crippen LogP contribution in [0.25, 0.3) is 10.9 Å². The highest BCUT2D eigenvalue weighted by Gasteiger charge is 1.99. The number of aromatic nitrogens is 1. The Balaban J connectivity index is 2.19. The second kappa shape index (κ2) is 4.29. The molecule has 0 saturated heterocycles. The fourth-order valence-electron chi connectivity index (χ4n) is 1.70. The van der Waals surface area contributed by atoms with Crippen LogP contribution in [0.15, 0.2) is 30.5 Å². The lowest BCUT2D eigenvalue weighted by atomic mass is 10.1. The SMILES string of the molecule is CCCNCc1cccc2[nH]ccc12. The lowest BCUT2D eigenvalue weighted by Gasteiger charge is -2.04. The highest BCUT2D eigenvalue weighted by Crippen LogP contribution is 2.16. The van der Waals surface area contributed by atoms with Gasteiger partial charge in [0.25, 0.3) is 0 Å². The Kier molecular flexibility index (Phi) is 2.84. The van der Waals surface area contributed by atoms with Gasteiger partial charge in [0.1, 0.15) is 0 Å². The summed E-state index contributed by atoms with van der Waals surface area (Å²) in [5.74, 6) is 0. The van der Waals surface area contributed by atoms with Crippen LogP contribution in [0.4, 0.5) is 0 Å². The number of H-pyrrole nitrogens is 1. The summed E-state index contributed by atoms with van der Waals surface area (Å²) in [6.45, 7) is 4.23. The highest BCUT2D eigenvalue weighted by atomic mass is 14.8. The Morgan fingerprint density at radius 1 is 1.29 bits per heavy atom. The minimum absolute atomic E-state index is 0.961. The van der Waals surface area contributed by atoms with Gasteiger partial charge in [-0.3, -0.25) is 0 Å². The molecule has 0 saturated carbocycles. The maximum atomic E-state index is 3.42. The zero-order chi connectivity index (χ0) is 9.80. The van der Waals surface area contributed by atoms with E-state index in [1.807, 2.05) is 6.20 Å². The topological polar surface area (TPSA) is 27.8 Å². The van der Waals surface area contributed by atoms with Crippen LogP contribution < -0.4 is 5.32 Å². The fourth-order valence-corrected chi connectivity index (χ4v) is 1.70. The molecule has 2 rings (SSSR count). The van der Waals surface area contributed by atoms with Gasteiger partial charge in [0.05, 0.1) is 0 Å². The van der Waals surface area contributed by atoms with E-state index < -0.39 is 0 Å². The summed E-state index contributed by atoms with van der Waals surface area (Å²) >= 11 is 0. The molecule has 1 aromatic heterocycles. The first kappa shape index (κ1) is 9.28.